The second kappa shape index (κ2) is 5.26. The molecule has 0 fully saturated rings. The van der Waals surface area contributed by atoms with Gasteiger partial charge in [0.25, 0.3) is 0 Å². The van der Waals surface area contributed by atoms with E-state index in [2.05, 4.69) is 20.8 Å². The Morgan fingerprint density at radius 3 is 2.94 bits per heavy atom. The molecule has 0 atom stereocenters. The zero-order valence-electron chi connectivity index (χ0n) is 10.1. The van der Waals surface area contributed by atoms with E-state index >= 15 is 0 Å². The van der Waals surface area contributed by atoms with Crippen LogP contribution in [0.25, 0.3) is 5.69 Å². The van der Waals surface area contributed by atoms with E-state index in [-0.39, 0.29) is 5.91 Å². The molecule has 0 saturated heterocycles. The van der Waals surface area contributed by atoms with Crippen LogP contribution in [0.1, 0.15) is 13.3 Å². The zero-order valence-corrected chi connectivity index (χ0v) is 10.1. The number of amides is 1. The fourth-order valence-corrected chi connectivity index (χ4v) is 1.45. The van der Waals surface area contributed by atoms with Crippen LogP contribution >= 0.6 is 0 Å². The maximum Gasteiger partial charge on any atom is 0.224 e. The predicted octanol–water partition coefficient (Wildman–Crippen LogP) is 1.02. The SMILES string of the molecule is CCC(=O)Nc1cc(-n2cnnn2)ccc1OC. The number of carbonyl (C=O) groups is 1. The van der Waals surface area contributed by atoms with E-state index < -0.39 is 0 Å². The third-order valence-corrected chi connectivity index (χ3v) is 2.39. The summed E-state index contributed by atoms with van der Waals surface area (Å²) in [5.74, 6) is 0.510. The summed E-state index contributed by atoms with van der Waals surface area (Å²) in [4.78, 5) is 11.4. The summed E-state index contributed by atoms with van der Waals surface area (Å²) in [5.41, 5.74) is 1.34. The molecule has 0 unspecified atom stereocenters. The number of aromatic nitrogens is 4. The van der Waals surface area contributed by atoms with Crippen molar-refractivity contribution in [3.05, 3.63) is 24.5 Å². The van der Waals surface area contributed by atoms with Crippen LogP contribution in [0.15, 0.2) is 24.5 Å². The number of methoxy groups -OCH3 is 1. The number of benzene rings is 1. The quantitative estimate of drug-likeness (QED) is 0.872. The molecule has 2 rings (SSSR count). The average Bonchev–Trinajstić information content (AvgIpc) is 2.92. The Hall–Kier alpha value is -2.44. The minimum Gasteiger partial charge on any atom is -0.495 e. The highest BCUT2D eigenvalue weighted by atomic mass is 16.5. The number of hydrogen-bond donors (Lipinski definition) is 1. The van der Waals surface area contributed by atoms with Gasteiger partial charge in [0, 0.05) is 6.42 Å². The van der Waals surface area contributed by atoms with Crippen LogP contribution in [0, 0.1) is 0 Å². The molecule has 0 bridgehead atoms. The zero-order chi connectivity index (χ0) is 13.0. The van der Waals surface area contributed by atoms with E-state index in [1.165, 1.54) is 11.0 Å². The standard InChI is InChI=1S/C11H13N5O2/c1-3-11(17)13-9-6-8(4-5-10(9)18-2)16-7-12-14-15-16/h4-7H,3H2,1-2H3,(H,13,17). The summed E-state index contributed by atoms with van der Waals surface area (Å²) in [6, 6.07) is 5.31. The van der Waals surface area contributed by atoms with Crippen molar-refractivity contribution in [3.63, 3.8) is 0 Å². The molecule has 0 saturated carbocycles. The number of carbonyl (C=O) groups excluding carboxylic acids is 1. The van der Waals surface area contributed by atoms with Crippen LogP contribution in [0.4, 0.5) is 5.69 Å². The van der Waals surface area contributed by atoms with Crippen LogP contribution in [0.5, 0.6) is 5.75 Å². The summed E-state index contributed by atoms with van der Waals surface area (Å²) < 4.78 is 6.69. The number of anilines is 1. The third-order valence-electron chi connectivity index (χ3n) is 2.39. The number of nitrogens with zero attached hydrogens (tertiary/aromatic N) is 4. The largest absolute Gasteiger partial charge is 0.495 e. The monoisotopic (exact) mass is 247 g/mol. The van der Waals surface area contributed by atoms with Crippen molar-refractivity contribution in [2.24, 2.45) is 0 Å². The van der Waals surface area contributed by atoms with Crippen molar-refractivity contribution < 1.29 is 9.53 Å². The molecular weight excluding hydrogens is 234 g/mol. The molecule has 1 amide bonds. The van der Waals surface area contributed by atoms with Gasteiger partial charge in [-0.15, -0.1) is 5.10 Å². The van der Waals surface area contributed by atoms with Crippen LogP contribution in [0.3, 0.4) is 0 Å². The molecule has 7 heteroatoms. The van der Waals surface area contributed by atoms with E-state index in [0.717, 1.165) is 5.69 Å². The van der Waals surface area contributed by atoms with Crippen LogP contribution in [-0.4, -0.2) is 33.2 Å². The lowest BCUT2D eigenvalue weighted by Gasteiger charge is -2.11. The second-order valence-electron chi connectivity index (χ2n) is 3.54. The molecular formula is C11H13N5O2. The summed E-state index contributed by atoms with van der Waals surface area (Å²) in [5, 5.41) is 13.7. The molecule has 18 heavy (non-hydrogen) atoms. The third kappa shape index (κ3) is 2.45. The molecule has 0 spiro atoms. The molecule has 0 aliphatic carbocycles. The Labute approximate surface area is 104 Å². The van der Waals surface area contributed by atoms with E-state index in [4.69, 9.17) is 4.74 Å². The summed E-state index contributed by atoms with van der Waals surface area (Å²) in [6.07, 6.45) is 1.88. The maximum absolute atomic E-state index is 11.4. The van der Waals surface area contributed by atoms with E-state index in [9.17, 15) is 4.79 Å². The fraction of sp³-hybridized carbons (Fsp3) is 0.273. The average molecular weight is 247 g/mol. The maximum atomic E-state index is 11.4. The van der Waals surface area contributed by atoms with Gasteiger partial charge >= 0.3 is 0 Å². The lowest BCUT2D eigenvalue weighted by atomic mass is 10.2. The smallest absolute Gasteiger partial charge is 0.224 e. The lowest BCUT2D eigenvalue weighted by Crippen LogP contribution is -2.11. The minimum absolute atomic E-state index is 0.0813. The lowest BCUT2D eigenvalue weighted by molar-refractivity contribution is -0.115. The number of hydrogen-bond acceptors (Lipinski definition) is 5. The van der Waals surface area contributed by atoms with Gasteiger partial charge in [0.2, 0.25) is 5.91 Å². The Morgan fingerprint density at radius 1 is 1.50 bits per heavy atom. The van der Waals surface area contributed by atoms with E-state index in [1.54, 1.807) is 32.2 Å². The van der Waals surface area contributed by atoms with Gasteiger partial charge < -0.3 is 10.1 Å². The highest BCUT2D eigenvalue weighted by molar-refractivity contribution is 5.92. The molecule has 94 valence electrons. The first kappa shape index (κ1) is 12.0. The number of ether oxygens (including phenoxy) is 1. The van der Waals surface area contributed by atoms with Gasteiger partial charge in [-0.25, -0.2) is 4.68 Å². The first-order chi connectivity index (χ1) is 8.74. The summed E-state index contributed by atoms with van der Waals surface area (Å²) >= 11 is 0. The highest BCUT2D eigenvalue weighted by Crippen LogP contribution is 2.26. The van der Waals surface area contributed by atoms with E-state index in [0.29, 0.717) is 17.9 Å². The molecule has 2 aromatic rings. The molecule has 1 heterocycles. The molecule has 0 radical (unpaired) electrons. The highest BCUT2D eigenvalue weighted by Gasteiger charge is 2.08. The molecule has 1 N–H and O–H groups in total. The van der Waals surface area contributed by atoms with E-state index in [1.807, 2.05) is 0 Å². The molecule has 0 aliphatic heterocycles. The van der Waals surface area contributed by atoms with Gasteiger partial charge in [-0.3, -0.25) is 4.79 Å². The fourth-order valence-electron chi connectivity index (χ4n) is 1.45. The van der Waals surface area contributed by atoms with Gasteiger partial charge in [0.15, 0.2) is 0 Å². The Bertz CT molecular complexity index is 538. The molecule has 1 aromatic heterocycles. The van der Waals surface area contributed by atoms with Crippen LogP contribution in [-0.2, 0) is 4.79 Å². The summed E-state index contributed by atoms with van der Waals surface area (Å²) in [7, 11) is 1.55. The normalized spacial score (nSPS) is 10.1. The van der Waals surface area contributed by atoms with Crippen molar-refractivity contribution in [1.82, 2.24) is 20.2 Å². The second-order valence-corrected chi connectivity index (χ2v) is 3.54. The van der Waals surface area contributed by atoms with Crippen molar-refractivity contribution in [1.29, 1.82) is 0 Å². The van der Waals surface area contributed by atoms with Crippen molar-refractivity contribution in [2.75, 3.05) is 12.4 Å². The van der Waals surface area contributed by atoms with Crippen molar-refractivity contribution >= 4 is 11.6 Å². The first-order valence-electron chi connectivity index (χ1n) is 5.46. The van der Waals surface area contributed by atoms with Crippen LogP contribution < -0.4 is 10.1 Å². The number of rotatable bonds is 4. The van der Waals surface area contributed by atoms with Gasteiger partial charge in [-0.1, -0.05) is 6.92 Å². The number of tetrazole rings is 1. The Kier molecular flexibility index (Phi) is 3.52. The van der Waals surface area contributed by atoms with Crippen molar-refractivity contribution in [2.45, 2.75) is 13.3 Å². The Morgan fingerprint density at radius 2 is 2.33 bits per heavy atom. The van der Waals surface area contributed by atoms with Crippen LogP contribution in [0.2, 0.25) is 0 Å². The first-order valence-corrected chi connectivity index (χ1v) is 5.46. The number of nitrogens with one attached hydrogen (secondary N) is 1. The molecule has 0 aliphatic rings. The minimum atomic E-state index is -0.0813. The van der Waals surface area contributed by atoms with Crippen molar-refractivity contribution in [3.8, 4) is 11.4 Å². The summed E-state index contributed by atoms with van der Waals surface area (Å²) in [6.45, 7) is 1.78. The van der Waals surface area contributed by atoms with Gasteiger partial charge in [0.1, 0.15) is 12.1 Å². The molecule has 1 aromatic carbocycles. The Balaban J connectivity index is 2.36. The van der Waals surface area contributed by atoms with Gasteiger partial charge in [0.05, 0.1) is 18.5 Å². The predicted molar refractivity (Wildman–Crippen MR) is 64.6 cm³/mol. The van der Waals surface area contributed by atoms with Gasteiger partial charge in [-0.2, -0.15) is 0 Å². The molecule has 7 nitrogen and oxygen atoms in total. The van der Waals surface area contributed by atoms with Gasteiger partial charge in [-0.05, 0) is 28.6 Å². The topological polar surface area (TPSA) is 81.9 Å².